The first kappa shape index (κ1) is 19.0. The number of nitrogens with two attached hydrogens (primary N) is 1. The van der Waals surface area contributed by atoms with Crippen molar-refractivity contribution in [3.63, 3.8) is 0 Å². The Labute approximate surface area is 151 Å². The second kappa shape index (κ2) is 6.78. The van der Waals surface area contributed by atoms with Crippen LogP contribution in [-0.2, 0) is 23.7 Å². The molecule has 11 nitrogen and oxygen atoms in total. The van der Waals surface area contributed by atoms with E-state index in [0.29, 0.717) is 0 Å². The number of fused-ring (bicyclic) bond motifs is 1. The van der Waals surface area contributed by atoms with Gasteiger partial charge in [0.25, 0.3) is 11.4 Å². The van der Waals surface area contributed by atoms with Crippen LogP contribution in [0.15, 0.2) is 21.9 Å². The highest BCUT2D eigenvalue weighted by Gasteiger charge is 2.65. The van der Waals surface area contributed by atoms with Crippen molar-refractivity contribution in [2.45, 2.75) is 44.2 Å². The number of hydrogen-bond acceptors (Lipinski definition) is 9. The van der Waals surface area contributed by atoms with Crippen LogP contribution in [0.2, 0.25) is 0 Å². The van der Waals surface area contributed by atoms with E-state index in [9.17, 15) is 19.2 Å². The molecule has 2 aliphatic rings. The number of nitrogens with one attached hydrogen (secondary N) is 1. The molecule has 0 radical (unpaired) electrons. The average Bonchev–Trinajstić information content (AvgIpc) is 3.10. The van der Waals surface area contributed by atoms with Gasteiger partial charge in [0, 0.05) is 12.3 Å². The third-order valence-corrected chi connectivity index (χ3v) is 4.30. The molecule has 0 bridgehead atoms. The highest BCUT2D eigenvalue weighted by molar-refractivity contribution is 5.75. The van der Waals surface area contributed by atoms with Crippen LogP contribution >= 0.6 is 0 Å². The molecule has 0 amide bonds. The van der Waals surface area contributed by atoms with Crippen LogP contribution in [-0.4, -0.2) is 52.4 Å². The minimum Gasteiger partial charge on any atom is -0.458 e. The number of hydrogen-bond donors (Lipinski definition) is 2. The Morgan fingerprint density at radius 3 is 2.74 bits per heavy atom. The van der Waals surface area contributed by atoms with Crippen molar-refractivity contribution in [1.82, 2.24) is 9.55 Å². The van der Waals surface area contributed by atoms with Gasteiger partial charge in [-0.15, -0.1) is 0 Å². The number of H-pyrrole nitrogens is 1. The fourth-order valence-corrected chi connectivity index (χ4v) is 2.74. The molecular weight excluding hydrogens is 369 g/mol. The SMILES string of the molecule is CC(C)[C@H](N)C(=O)OC[C@@]1(F)O[C@@H](n2ccc(=O)[nH]c2=O)[C@@H]2OC(=O)O[C@@H]21. The summed E-state index contributed by atoms with van der Waals surface area (Å²) < 4.78 is 35.9. The molecule has 2 saturated heterocycles. The van der Waals surface area contributed by atoms with E-state index in [1.807, 2.05) is 4.98 Å². The maximum atomic E-state index is 15.3. The Morgan fingerprint density at radius 1 is 1.41 bits per heavy atom. The number of nitrogens with zero attached hydrogens (tertiary/aromatic N) is 1. The van der Waals surface area contributed by atoms with Gasteiger partial charge >= 0.3 is 17.8 Å². The van der Waals surface area contributed by atoms with E-state index in [1.54, 1.807) is 13.8 Å². The summed E-state index contributed by atoms with van der Waals surface area (Å²) in [6.07, 6.45) is -4.46. The van der Waals surface area contributed by atoms with E-state index in [0.717, 1.165) is 16.8 Å². The molecule has 0 aromatic carbocycles. The first-order chi connectivity index (χ1) is 12.6. The molecule has 148 valence electrons. The van der Waals surface area contributed by atoms with Crippen molar-refractivity contribution in [1.29, 1.82) is 0 Å². The van der Waals surface area contributed by atoms with E-state index in [1.165, 1.54) is 0 Å². The van der Waals surface area contributed by atoms with Gasteiger partial charge in [0.05, 0.1) is 0 Å². The van der Waals surface area contributed by atoms with Gasteiger partial charge in [0.1, 0.15) is 6.04 Å². The van der Waals surface area contributed by atoms with Gasteiger partial charge in [-0.2, -0.15) is 0 Å². The zero-order valence-electron chi connectivity index (χ0n) is 14.4. The summed E-state index contributed by atoms with van der Waals surface area (Å²) in [4.78, 5) is 48.5. The normalized spacial score (nSPS) is 30.6. The number of carbonyl (C=O) groups is 2. The zero-order chi connectivity index (χ0) is 19.9. The maximum Gasteiger partial charge on any atom is 0.509 e. The van der Waals surface area contributed by atoms with Crippen LogP contribution in [0.3, 0.4) is 0 Å². The summed E-state index contributed by atoms with van der Waals surface area (Å²) in [7, 11) is 0. The van der Waals surface area contributed by atoms with E-state index in [-0.39, 0.29) is 5.92 Å². The lowest BCUT2D eigenvalue weighted by atomic mass is 10.1. The second-order valence-corrected chi connectivity index (χ2v) is 6.56. The van der Waals surface area contributed by atoms with E-state index in [4.69, 9.17) is 24.7 Å². The number of carbonyl (C=O) groups excluding carboxylic acids is 2. The molecule has 1 aromatic rings. The summed E-state index contributed by atoms with van der Waals surface area (Å²) in [6, 6.07) is 0.0305. The molecule has 0 spiro atoms. The number of aromatic amines is 1. The van der Waals surface area contributed by atoms with Gasteiger partial charge in [-0.3, -0.25) is 19.1 Å². The molecular formula is C15H18FN3O8. The predicted octanol–water partition coefficient (Wildman–Crippen LogP) is -0.838. The lowest BCUT2D eigenvalue weighted by molar-refractivity contribution is -0.220. The first-order valence-electron chi connectivity index (χ1n) is 8.10. The molecule has 5 atom stereocenters. The van der Waals surface area contributed by atoms with Crippen molar-refractivity contribution in [3.8, 4) is 0 Å². The lowest BCUT2D eigenvalue weighted by Gasteiger charge is -2.24. The smallest absolute Gasteiger partial charge is 0.458 e. The van der Waals surface area contributed by atoms with Crippen LogP contribution in [0, 0.1) is 5.92 Å². The predicted molar refractivity (Wildman–Crippen MR) is 84.2 cm³/mol. The number of ether oxygens (including phenoxy) is 4. The fraction of sp³-hybridized carbons (Fsp3) is 0.600. The van der Waals surface area contributed by atoms with Crippen LogP contribution in [0.4, 0.5) is 9.18 Å². The van der Waals surface area contributed by atoms with E-state index >= 15 is 4.39 Å². The lowest BCUT2D eigenvalue weighted by Crippen LogP contribution is -2.45. The van der Waals surface area contributed by atoms with E-state index in [2.05, 4.69) is 0 Å². The number of aromatic nitrogens is 2. The summed E-state index contributed by atoms with van der Waals surface area (Å²) in [5.41, 5.74) is 4.06. The Kier molecular flexibility index (Phi) is 4.78. The number of rotatable bonds is 5. The molecule has 2 fully saturated rings. The van der Waals surface area contributed by atoms with Crippen molar-refractivity contribution in [2.75, 3.05) is 6.61 Å². The maximum absolute atomic E-state index is 15.3. The topological polar surface area (TPSA) is 152 Å². The van der Waals surface area contributed by atoms with Crippen molar-refractivity contribution in [2.24, 2.45) is 11.7 Å². The fourth-order valence-electron chi connectivity index (χ4n) is 2.74. The highest BCUT2D eigenvalue weighted by Crippen LogP contribution is 2.44. The molecule has 3 rings (SSSR count). The van der Waals surface area contributed by atoms with Crippen LogP contribution in [0.5, 0.6) is 0 Å². The molecule has 12 heteroatoms. The third kappa shape index (κ3) is 3.45. The third-order valence-electron chi connectivity index (χ3n) is 4.30. The Hall–Kier alpha value is -2.73. The standard InChI is InChI=1S/C15H18FN3O8/c1-6(2)8(17)12(21)24-5-15(16)10-9(25-14(23)26-10)11(27-15)19-4-3-7(20)18-13(19)22/h3-4,6,8-11H,5,17H2,1-2H3,(H,18,20,22)/t8-,9+,10-,11+,15+/m0/s1. The minimum absolute atomic E-state index is 0.245. The molecule has 27 heavy (non-hydrogen) atoms. The molecule has 3 N–H and O–H groups in total. The summed E-state index contributed by atoms with van der Waals surface area (Å²) in [6.45, 7) is 2.44. The van der Waals surface area contributed by atoms with Crippen molar-refractivity contribution in [3.05, 3.63) is 33.1 Å². The van der Waals surface area contributed by atoms with Crippen LogP contribution in [0.1, 0.15) is 20.1 Å². The van der Waals surface area contributed by atoms with E-state index < -0.39 is 60.3 Å². The number of alkyl halides is 1. The van der Waals surface area contributed by atoms with Gasteiger partial charge in [-0.1, -0.05) is 13.8 Å². The molecule has 0 unspecified atom stereocenters. The largest absolute Gasteiger partial charge is 0.509 e. The van der Waals surface area contributed by atoms with Gasteiger partial charge in [-0.05, 0) is 5.92 Å². The molecule has 0 aliphatic carbocycles. The number of esters is 1. The summed E-state index contributed by atoms with van der Waals surface area (Å²) in [5.74, 6) is -3.88. The van der Waals surface area contributed by atoms with Crippen LogP contribution < -0.4 is 17.0 Å². The van der Waals surface area contributed by atoms with Gasteiger partial charge in [0.2, 0.25) is 6.10 Å². The Bertz CT molecular complexity index is 867. The van der Waals surface area contributed by atoms with Gasteiger partial charge < -0.3 is 24.7 Å². The van der Waals surface area contributed by atoms with Crippen molar-refractivity contribution >= 4 is 12.1 Å². The van der Waals surface area contributed by atoms with Gasteiger partial charge in [-0.25, -0.2) is 14.0 Å². The zero-order valence-corrected chi connectivity index (χ0v) is 14.4. The highest BCUT2D eigenvalue weighted by atomic mass is 19.2. The molecule has 2 aliphatic heterocycles. The quantitative estimate of drug-likeness (QED) is 0.616. The van der Waals surface area contributed by atoms with Gasteiger partial charge in [0.15, 0.2) is 18.9 Å². The summed E-state index contributed by atoms with van der Waals surface area (Å²) in [5, 5.41) is 0. The second-order valence-electron chi connectivity index (χ2n) is 6.56. The monoisotopic (exact) mass is 387 g/mol. The molecule has 0 saturated carbocycles. The van der Waals surface area contributed by atoms with Crippen LogP contribution in [0.25, 0.3) is 0 Å². The Morgan fingerprint density at radius 2 is 2.11 bits per heavy atom. The molecule has 1 aromatic heterocycles. The first-order valence-corrected chi connectivity index (χ1v) is 8.10. The minimum atomic E-state index is -2.77. The van der Waals surface area contributed by atoms with Crippen molar-refractivity contribution < 1.29 is 32.9 Å². The molecule has 3 heterocycles. The average molecular weight is 387 g/mol. The Balaban J connectivity index is 1.84. The summed E-state index contributed by atoms with van der Waals surface area (Å²) >= 11 is 0. The number of halogens is 1.